The predicted octanol–water partition coefficient (Wildman–Crippen LogP) is 3.63. The summed E-state index contributed by atoms with van der Waals surface area (Å²) < 4.78 is 5.23. The summed E-state index contributed by atoms with van der Waals surface area (Å²) in [5, 5.41) is 22.4. The zero-order chi connectivity index (χ0) is 27.4. The Morgan fingerprint density at radius 1 is 1.03 bits per heavy atom. The van der Waals surface area contributed by atoms with Gasteiger partial charge in [0.25, 0.3) is 0 Å². The van der Waals surface area contributed by atoms with E-state index in [-0.39, 0.29) is 46.5 Å². The van der Waals surface area contributed by atoms with Crippen molar-refractivity contribution in [2.24, 2.45) is 34.3 Å². The average molecular weight is 541 g/mol. The van der Waals surface area contributed by atoms with E-state index in [1.807, 2.05) is 6.07 Å². The molecule has 10 atom stereocenters. The third-order valence-electron chi connectivity index (χ3n) is 12.4. The second kappa shape index (κ2) is 10.2. The van der Waals surface area contributed by atoms with Crippen LogP contribution in [0, 0.1) is 28.6 Å². The number of nitrogens with one attached hydrogen (secondary N) is 3. The standard InChI is InChI=1S/C31H48N4O4/c1-29-11-7-21(34-28(37)35-22-10-14-33-23(16-22)17-32)15-20(29)4-5-26-25(29)8-12-30(2)24(9-13-31(26,30)38)19-3-6-27(36)39-18-19/h3,6,18,20-26,33,38H,4-5,7-17,32H2,1-2H3,(H2,34,35,37)/t20-,21+,22?,23+,24-,25+,26-,29+,30-,31+/m1/s1. The molecule has 216 valence electrons. The highest BCUT2D eigenvalue weighted by atomic mass is 16.4. The van der Waals surface area contributed by atoms with Crippen LogP contribution in [-0.4, -0.2) is 48.0 Å². The fourth-order valence-electron chi connectivity index (χ4n) is 10.2. The van der Waals surface area contributed by atoms with Gasteiger partial charge in [0.2, 0.25) is 0 Å². The number of fused-ring (bicyclic) bond motifs is 5. The van der Waals surface area contributed by atoms with Gasteiger partial charge in [-0.1, -0.05) is 13.8 Å². The van der Waals surface area contributed by atoms with Crippen molar-refractivity contribution >= 4 is 6.03 Å². The second-order valence-electron chi connectivity index (χ2n) is 14.0. The van der Waals surface area contributed by atoms with Gasteiger partial charge >= 0.3 is 11.7 Å². The number of hydrogen-bond donors (Lipinski definition) is 5. The van der Waals surface area contributed by atoms with Crippen LogP contribution in [0.5, 0.6) is 0 Å². The first-order valence-electron chi connectivity index (χ1n) is 15.5. The van der Waals surface area contributed by atoms with Crippen LogP contribution in [0.3, 0.4) is 0 Å². The highest BCUT2D eigenvalue weighted by Crippen LogP contribution is 2.70. The maximum atomic E-state index is 12.9. The van der Waals surface area contributed by atoms with Gasteiger partial charge in [-0.15, -0.1) is 0 Å². The van der Waals surface area contributed by atoms with Crippen molar-refractivity contribution in [3.8, 4) is 0 Å². The lowest BCUT2D eigenvalue weighted by Crippen LogP contribution is -2.62. The van der Waals surface area contributed by atoms with Crippen LogP contribution < -0.4 is 27.3 Å². The molecule has 0 aromatic carbocycles. The van der Waals surface area contributed by atoms with Crippen molar-refractivity contribution in [2.45, 2.75) is 114 Å². The Kier molecular flexibility index (Phi) is 7.12. The molecule has 8 nitrogen and oxygen atoms in total. The molecule has 1 aromatic rings. The van der Waals surface area contributed by atoms with Gasteiger partial charge in [-0.3, -0.25) is 0 Å². The van der Waals surface area contributed by atoms with Gasteiger partial charge in [-0.25, -0.2) is 9.59 Å². The Balaban J connectivity index is 1.11. The Hall–Kier alpha value is -1.90. The molecule has 0 spiro atoms. The van der Waals surface area contributed by atoms with E-state index in [9.17, 15) is 14.7 Å². The third kappa shape index (κ3) is 4.55. The summed E-state index contributed by atoms with van der Waals surface area (Å²) >= 11 is 0. The Labute approximate surface area is 232 Å². The molecule has 1 unspecified atom stereocenters. The largest absolute Gasteiger partial charge is 0.431 e. The molecule has 6 rings (SSSR count). The molecule has 2 amide bonds. The van der Waals surface area contributed by atoms with Crippen LogP contribution in [0.15, 0.2) is 27.6 Å². The van der Waals surface area contributed by atoms with Crippen molar-refractivity contribution in [2.75, 3.05) is 13.1 Å². The van der Waals surface area contributed by atoms with Crippen molar-refractivity contribution in [1.82, 2.24) is 16.0 Å². The third-order valence-corrected chi connectivity index (χ3v) is 12.4. The lowest BCUT2D eigenvalue weighted by Gasteiger charge is -2.63. The fourth-order valence-corrected chi connectivity index (χ4v) is 10.2. The SMILES string of the molecule is C[C@]12CC[C@H](NC(=O)NC3CCN[C@H](CN)C3)C[C@H]1CC[C@@H]1[C@@H]2CC[C@]2(C)[C@@H](c3ccc(=O)oc3)CC[C@]12O. The number of carbonyl (C=O) groups is 1. The van der Waals surface area contributed by atoms with Gasteiger partial charge < -0.3 is 31.2 Å². The molecule has 4 saturated carbocycles. The monoisotopic (exact) mass is 540 g/mol. The van der Waals surface area contributed by atoms with Gasteiger partial charge in [0.1, 0.15) is 0 Å². The van der Waals surface area contributed by atoms with Gasteiger partial charge in [-0.2, -0.15) is 0 Å². The first kappa shape index (κ1) is 27.3. The molecule has 2 heterocycles. The van der Waals surface area contributed by atoms with E-state index in [1.165, 1.54) is 6.07 Å². The normalized spacial score (nSPS) is 45.5. The molecule has 8 heteroatoms. The summed E-state index contributed by atoms with van der Waals surface area (Å²) in [7, 11) is 0. The topological polar surface area (TPSA) is 130 Å². The first-order valence-corrected chi connectivity index (χ1v) is 15.5. The predicted molar refractivity (Wildman–Crippen MR) is 150 cm³/mol. The minimum Gasteiger partial charge on any atom is -0.431 e. The molecular formula is C31H48N4O4. The number of carbonyl (C=O) groups excluding carboxylic acids is 1. The van der Waals surface area contributed by atoms with Crippen molar-refractivity contribution < 1.29 is 14.3 Å². The fraction of sp³-hybridized carbons (Fsp3) is 0.806. The van der Waals surface area contributed by atoms with Crippen molar-refractivity contribution in [3.63, 3.8) is 0 Å². The van der Waals surface area contributed by atoms with Gasteiger partial charge in [0.15, 0.2) is 0 Å². The number of hydrogen-bond acceptors (Lipinski definition) is 6. The maximum Gasteiger partial charge on any atom is 0.335 e. The molecule has 5 aliphatic rings. The summed E-state index contributed by atoms with van der Waals surface area (Å²) in [4.78, 5) is 24.4. The zero-order valence-electron chi connectivity index (χ0n) is 23.7. The number of rotatable bonds is 4. The molecule has 5 fully saturated rings. The Morgan fingerprint density at radius 2 is 1.82 bits per heavy atom. The molecule has 1 aliphatic heterocycles. The highest BCUT2D eigenvalue weighted by molar-refractivity contribution is 5.74. The van der Waals surface area contributed by atoms with Crippen LogP contribution >= 0.6 is 0 Å². The molecule has 1 aromatic heterocycles. The van der Waals surface area contributed by atoms with Crippen molar-refractivity contribution in [1.29, 1.82) is 0 Å². The zero-order valence-corrected chi connectivity index (χ0v) is 23.7. The minimum absolute atomic E-state index is 0.0311. The molecule has 39 heavy (non-hydrogen) atoms. The van der Waals surface area contributed by atoms with E-state index < -0.39 is 5.60 Å². The van der Waals surface area contributed by atoms with Gasteiger partial charge in [0.05, 0.1) is 11.9 Å². The quantitative estimate of drug-likeness (QED) is 0.397. The average Bonchev–Trinajstić information content (AvgIpc) is 3.20. The summed E-state index contributed by atoms with van der Waals surface area (Å²) in [5.41, 5.74) is 5.88. The smallest absolute Gasteiger partial charge is 0.335 e. The lowest BCUT2D eigenvalue weighted by molar-refractivity contribution is -0.201. The van der Waals surface area contributed by atoms with Gasteiger partial charge in [0, 0.05) is 36.2 Å². The maximum absolute atomic E-state index is 12.9. The second-order valence-corrected chi connectivity index (χ2v) is 14.0. The molecular weight excluding hydrogens is 492 g/mol. The van der Waals surface area contributed by atoms with Crippen LogP contribution in [0.25, 0.3) is 0 Å². The molecule has 6 N–H and O–H groups in total. The van der Waals surface area contributed by atoms with E-state index in [2.05, 4.69) is 29.8 Å². The van der Waals surface area contributed by atoms with Crippen LogP contribution in [0.1, 0.15) is 96.0 Å². The summed E-state index contributed by atoms with van der Waals surface area (Å²) in [5.74, 6) is 1.62. The van der Waals surface area contributed by atoms with Crippen LogP contribution in [-0.2, 0) is 0 Å². The number of nitrogens with two attached hydrogens (primary N) is 1. The van der Waals surface area contributed by atoms with Crippen LogP contribution in [0.4, 0.5) is 4.79 Å². The Bertz CT molecular complexity index is 1110. The summed E-state index contributed by atoms with van der Waals surface area (Å²) in [6, 6.07) is 4.07. The minimum atomic E-state index is -0.685. The van der Waals surface area contributed by atoms with Crippen LogP contribution in [0.2, 0.25) is 0 Å². The number of amides is 2. The summed E-state index contributed by atoms with van der Waals surface area (Å²) in [6.45, 7) is 6.27. The highest BCUT2D eigenvalue weighted by Gasteiger charge is 2.67. The molecule has 4 aliphatic carbocycles. The molecule has 0 radical (unpaired) electrons. The first-order chi connectivity index (χ1) is 18.7. The van der Waals surface area contributed by atoms with Gasteiger partial charge in [-0.05, 0) is 118 Å². The Morgan fingerprint density at radius 3 is 2.56 bits per heavy atom. The lowest BCUT2D eigenvalue weighted by atomic mass is 9.43. The number of aliphatic hydroxyl groups is 1. The number of piperidine rings is 1. The van der Waals surface area contributed by atoms with Crippen molar-refractivity contribution in [3.05, 3.63) is 34.4 Å². The van der Waals surface area contributed by atoms with E-state index in [4.69, 9.17) is 10.2 Å². The molecule has 0 bridgehead atoms. The van der Waals surface area contributed by atoms with E-state index >= 15 is 0 Å². The van der Waals surface area contributed by atoms with E-state index in [0.29, 0.717) is 24.3 Å². The van der Waals surface area contributed by atoms with E-state index in [0.717, 1.165) is 82.7 Å². The number of urea groups is 1. The molecule has 1 saturated heterocycles. The summed E-state index contributed by atoms with van der Waals surface area (Å²) in [6.07, 6.45) is 12.7. The van der Waals surface area contributed by atoms with E-state index in [1.54, 1.807) is 6.26 Å².